The SMILES string of the molecule is C#CCCCOC1OC(COC(C)=O)[C@H](O[C@@H]2OC(C)[C@H](O[C@@H]3OC(COC(C)=O)[C@H](O[C@@H]4OC(C)[C@H](C)[C@@H](OCc5ccccc5)C4C)[C@H](C)C3N=[N+]=[N-])[C@@H](OCc3ccccc3)C2C)[C@H](C)C1N=[N+]=[N-]. The van der Waals surface area contributed by atoms with Crippen molar-refractivity contribution in [2.75, 3.05) is 19.8 Å². The van der Waals surface area contributed by atoms with Crippen LogP contribution in [-0.4, -0.2) is 124 Å². The molecular formula is C52H72N6O14. The molecule has 4 aliphatic heterocycles. The van der Waals surface area contributed by atoms with E-state index in [1.54, 1.807) is 0 Å². The molecule has 0 saturated carbocycles. The lowest BCUT2D eigenvalue weighted by atomic mass is 9.85. The van der Waals surface area contributed by atoms with Gasteiger partial charge in [0.05, 0.1) is 68.5 Å². The smallest absolute Gasteiger partial charge is 0.302 e. The Balaban J connectivity index is 1.26. The molecule has 72 heavy (non-hydrogen) atoms. The summed E-state index contributed by atoms with van der Waals surface area (Å²) in [5.41, 5.74) is 21.6. The molecule has 0 N–H and O–H groups in total. The molecule has 0 amide bonds. The molecular weight excluding hydrogens is 933 g/mol. The Hall–Kier alpha value is -4.84. The number of terminal acetylenes is 1. The monoisotopic (exact) mass is 1000 g/mol. The highest BCUT2D eigenvalue weighted by Gasteiger charge is 2.54. The van der Waals surface area contributed by atoms with Crippen LogP contribution in [0.2, 0.25) is 0 Å². The van der Waals surface area contributed by atoms with Crippen LogP contribution in [0.1, 0.15) is 86.3 Å². The van der Waals surface area contributed by atoms with Crippen LogP contribution in [0.15, 0.2) is 70.9 Å². The summed E-state index contributed by atoms with van der Waals surface area (Å²) in [5, 5.41) is 8.29. The summed E-state index contributed by atoms with van der Waals surface area (Å²) in [4.78, 5) is 30.8. The van der Waals surface area contributed by atoms with Crippen LogP contribution in [0.25, 0.3) is 20.9 Å². The number of benzene rings is 2. The van der Waals surface area contributed by atoms with E-state index in [-0.39, 0.29) is 50.5 Å². The van der Waals surface area contributed by atoms with E-state index in [4.69, 9.17) is 63.3 Å². The molecule has 4 saturated heterocycles. The fraction of sp³-hybridized carbons (Fsp3) is 0.692. The van der Waals surface area contributed by atoms with E-state index in [0.29, 0.717) is 19.4 Å². The Morgan fingerprint density at radius 1 is 0.569 bits per heavy atom. The van der Waals surface area contributed by atoms with Gasteiger partial charge in [-0.2, -0.15) is 0 Å². The first-order valence-corrected chi connectivity index (χ1v) is 24.9. The minimum Gasteiger partial charge on any atom is -0.463 e. The molecule has 0 radical (unpaired) electrons. The predicted molar refractivity (Wildman–Crippen MR) is 260 cm³/mol. The number of unbranched alkanes of at least 4 members (excludes halogenated alkanes) is 1. The second-order valence-electron chi connectivity index (χ2n) is 19.3. The van der Waals surface area contributed by atoms with Gasteiger partial charge in [0.1, 0.15) is 31.5 Å². The van der Waals surface area contributed by atoms with Crippen molar-refractivity contribution in [2.45, 2.75) is 181 Å². The van der Waals surface area contributed by atoms with Crippen molar-refractivity contribution in [1.82, 2.24) is 0 Å². The molecule has 20 atom stereocenters. The van der Waals surface area contributed by atoms with Crippen LogP contribution in [0.5, 0.6) is 0 Å². The zero-order chi connectivity index (χ0) is 51.9. The number of carbonyl (C=O) groups excluding carboxylic acids is 2. The second kappa shape index (κ2) is 27.4. The van der Waals surface area contributed by atoms with E-state index in [1.165, 1.54) is 13.8 Å². The Bertz CT molecular complexity index is 2160. The topological polar surface area (TPSA) is 242 Å². The van der Waals surface area contributed by atoms with E-state index >= 15 is 0 Å². The van der Waals surface area contributed by atoms with Crippen molar-refractivity contribution < 1.29 is 66.4 Å². The molecule has 4 heterocycles. The molecule has 0 spiro atoms. The van der Waals surface area contributed by atoms with Crippen molar-refractivity contribution in [3.05, 3.63) is 92.7 Å². The van der Waals surface area contributed by atoms with E-state index in [9.17, 15) is 20.7 Å². The largest absolute Gasteiger partial charge is 0.463 e. The molecule has 20 heteroatoms. The summed E-state index contributed by atoms with van der Waals surface area (Å²) in [5.74, 6) is -0.326. The lowest BCUT2D eigenvalue weighted by molar-refractivity contribution is -0.361. The van der Waals surface area contributed by atoms with Gasteiger partial charge in [0.25, 0.3) is 0 Å². The molecule has 0 aliphatic carbocycles. The van der Waals surface area contributed by atoms with Crippen LogP contribution in [0.4, 0.5) is 0 Å². The Morgan fingerprint density at radius 3 is 1.53 bits per heavy atom. The predicted octanol–water partition coefficient (Wildman–Crippen LogP) is 8.35. The number of hydrogen-bond donors (Lipinski definition) is 0. The maximum Gasteiger partial charge on any atom is 0.302 e. The van der Waals surface area contributed by atoms with Crippen molar-refractivity contribution >= 4 is 11.9 Å². The molecule has 4 aliphatic rings. The van der Waals surface area contributed by atoms with Crippen LogP contribution in [-0.2, 0) is 79.6 Å². The molecule has 20 nitrogen and oxygen atoms in total. The van der Waals surface area contributed by atoms with Gasteiger partial charge in [0.15, 0.2) is 25.2 Å². The fourth-order valence-electron chi connectivity index (χ4n) is 9.92. The minimum absolute atomic E-state index is 0.0382. The maximum absolute atomic E-state index is 12.3. The standard InChI is InChI=1S/C52H72N6O14/c1-11-12-19-24-61-51-42(55-57-53)30(3)45(40(68-51)27-62-36(9)59)71-50-33(6)47(65-26-39-22-17-14-18-23-39)48(35(8)67-50)72-52-43(56-58-54)31(4)46(41(69-52)28-63-37(10)60)70-49-32(5)44(29(2)34(7)66-49)64-25-38-20-15-13-16-21-38/h1,13-18,20-23,29-35,40-52H,12,19,24-28H2,2-10H3/t29-,30+,31+,32?,33?,34?,35?,40?,41?,42?,43?,44+,45+,46+,47-,48-,49-,50-,51?,52-/m0/s1. The molecule has 394 valence electrons. The summed E-state index contributed by atoms with van der Waals surface area (Å²) < 4.78 is 77.3. The normalized spacial score (nSPS) is 36.7. The van der Waals surface area contributed by atoms with Crippen LogP contribution in [0, 0.1) is 41.9 Å². The van der Waals surface area contributed by atoms with E-state index in [2.05, 4.69) is 32.9 Å². The van der Waals surface area contributed by atoms with Gasteiger partial charge in [0.2, 0.25) is 0 Å². The lowest BCUT2D eigenvalue weighted by Crippen LogP contribution is -2.63. The first-order chi connectivity index (χ1) is 34.6. The fourth-order valence-corrected chi connectivity index (χ4v) is 9.92. The highest BCUT2D eigenvalue weighted by atomic mass is 16.8. The lowest BCUT2D eigenvalue weighted by Gasteiger charge is -2.51. The van der Waals surface area contributed by atoms with Crippen molar-refractivity contribution in [3.63, 3.8) is 0 Å². The van der Waals surface area contributed by atoms with Crippen molar-refractivity contribution in [2.24, 2.45) is 39.8 Å². The van der Waals surface area contributed by atoms with Crippen LogP contribution < -0.4 is 0 Å². The van der Waals surface area contributed by atoms with Crippen LogP contribution >= 0.6 is 0 Å². The van der Waals surface area contributed by atoms with E-state index in [0.717, 1.165) is 11.1 Å². The van der Waals surface area contributed by atoms with Gasteiger partial charge in [-0.05, 0) is 54.3 Å². The average molecular weight is 1010 g/mol. The first kappa shape index (κ1) is 56.5. The summed E-state index contributed by atoms with van der Waals surface area (Å²) in [6, 6.07) is 17.8. The third kappa shape index (κ3) is 14.7. The number of ether oxygens (including phenoxy) is 12. The van der Waals surface area contributed by atoms with Gasteiger partial charge in [-0.3, -0.25) is 9.59 Å². The van der Waals surface area contributed by atoms with E-state index in [1.807, 2.05) is 102 Å². The van der Waals surface area contributed by atoms with Gasteiger partial charge in [-0.15, -0.1) is 12.3 Å². The Morgan fingerprint density at radius 2 is 1.03 bits per heavy atom. The summed E-state index contributed by atoms with van der Waals surface area (Å²) >= 11 is 0. The second-order valence-corrected chi connectivity index (χ2v) is 19.3. The molecule has 0 bridgehead atoms. The van der Waals surface area contributed by atoms with Gasteiger partial charge < -0.3 is 56.8 Å². The quantitative estimate of drug-likeness (QED) is 0.0269. The van der Waals surface area contributed by atoms with Crippen molar-refractivity contribution in [3.8, 4) is 12.3 Å². The number of hydrogen-bond acceptors (Lipinski definition) is 16. The third-order valence-electron chi connectivity index (χ3n) is 14.1. The van der Waals surface area contributed by atoms with Gasteiger partial charge in [0, 0.05) is 47.8 Å². The molecule has 2 aromatic carbocycles. The zero-order valence-electron chi connectivity index (χ0n) is 42.7. The molecule has 9 unspecified atom stereocenters. The number of azide groups is 2. The molecule has 0 aromatic heterocycles. The number of rotatable bonds is 22. The van der Waals surface area contributed by atoms with Crippen LogP contribution in [0.3, 0.4) is 0 Å². The third-order valence-corrected chi connectivity index (χ3v) is 14.1. The average Bonchev–Trinajstić information content (AvgIpc) is 3.36. The molecule has 4 fully saturated rings. The number of esters is 2. The van der Waals surface area contributed by atoms with Crippen molar-refractivity contribution in [1.29, 1.82) is 0 Å². The Kier molecular flexibility index (Phi) is 21.5. The number of nitrogens with zero attached hydrogens (tertiary/aromatic N) is 6. The molecule has 6 rings (SSSR count). The number of carbonyl (C=O) groups is 2. The minimum atomic E-state index is -1.20. The maximum atomic E-state index is 12.3. The van der Waals surface area contributed by atoms with Gasteiger partial charge in [-0.1, -0.05) is 106 Å². The highest BCUT2D eigenvalue weighted by Crippen LogP contribution is 2.42. The Labute approximate surface area is 422 Å². The first-order valence-electron chi connectivity index (χ1n) is 24.9. The van der Waals surface area contributed by atoms with E-state index < -0.39 is 110 Å². The van der Waals surface area contributed by atoms with Gasteiger partial charge in [-0.25, -0.2) is 0 Å². The highest BCUT2D eigenvalue weighted by molar-refractivity contribution is 5.66. The van der Waals surface area contributed by atoms with Gasteiger partial charge >= 0.3 is 11.9 Å². The summed E-state index contributed by atoms with van der Waals surface area (Å²) in [6.45, 7) is 16.6. The summed E-state index contributed by atoms with van der Waals surface area (Å²) in [7, 11) is 0. The summed E-state index contributed by atoms with van der Waals surface area (Å²) in [6.07, 6.45) is -3.64. The molecule has 2 aromatic rings. The zero-order valence-corrected chi connectivity index (χ0v) is 42.7.